The Kier molecular flexibility index (Phi) is 4.28. The number of rotatable bonds is 4. The number of ether oxygens (including phenoxy) is 1. The van der Waals surface area contributed by atoms with Gasteiger partial charge in [0, 0.05) is 37.4 Å². The van der Waals surface area contributed by atoms with Crippen molar-refractivity contribution < 1.29 is 13.2 Å². The van der Waals surface area contributed by atoms with Crippen LogP contribution in [-0.4, -0.2) is 41.9 Å². The van der Waals surface area contributed by atoms with Crippen LogP contribution in [0.1, 0.15) is 6.42 Å². The molecule has 1 aliphatic heterocycles. The maximum atomic E-state index is 12.5. The molecule has 0 saturated carbocycles. The fraction of sp³-hybridized carbons (Fsp3) is 0.286. The van der Waals surface area contributed by atoms with Crippen molar-refractivity contribution in [2.45, 2.75) is 17.4 Å². The molecule has 0 aromatic carbocycles. The zero-order valence-corrected chi connectivity index (χ0v) is 13.2. The largest absolute Gasteiger partial charge is 0.487 e. The Morgan fingerprint density at radius 3 is 2.77 bits per heavy atom. The Bertz CT molecular complexity index is 755. The van der Waals surface area contributed by atoms with Crippen molar-refractivity contribution in [3.63, 3.8) is 0 Å². The second-order valence-corrected chi connectivity index (χ2v) is 7.23. The summed E-state index contributed by atoms with van der Waals surface area (Å²) in [6, 6.07) is 4.81. The van der Waals surface area contributed by atoms with Crippen LogP contribution in [0.2, 0.25) is 5.02 Å². The van der Waals surface area contributed by atoms with Gasteiger partial charge in [0.25, 0.3) is 0 Å². The number of aromatic nitrogens is 2. The van der Waals surface area contributed by atoms with E-state index in [4.69, 9.17) is 16.3 Å². The van der Waals surface area contributed by atoms with Gasteiger partial charge in [0.05, 0.1) is 6.54 Å². The summed E-state index contributed by atoms with van der Waals surface area (Å²) in [5.41, 5.74) is 0. The summed E-state index contributed by atoms with van der Waals surface area (Å²) < 4.78 is 32.2. The number of nitrogens with zero attached hydrogens (tertiary/aromatic N) is 3. The standard InChI is InChI=1S/C14H14ClN3O3S/c15-13-9-17-6-3-14(13)21-11-4-7-18(10-11)22(19,20)12-2-1-5-16-8-12/h1-3,5-6,8-9,11H,4,7,10H2. The average molecular weight is 340 g/mol. The van der Waals surface area contributed by atoms with Gasteiger partial charge in [0.15, 0.2) is 0 Å². The van der Waals surface area contributed by atoms with Crippen LogP contribution in [0.25, 0.3) is 0 Å². The van der Waals surface area contributed by atoms with E-state index in [0.29, 0.717) is 23.7 Å². The van der Waals surface area contributed by atoms with Crippen LogP contribution >= 0.6 is 11.6 Å². The fourth-order valence-corrected chi connectivity index (χ4v) is 3.91. The fourth-order valence-electron chi connectivity index (χ4n) is 2.30. The average Bonchev–Trinajstić information content (AvgIpc) is 3.00. The van der Waals surface area contributed by atoms with Crippen LogP contribution in [0, 0.1) is 0 Å². The highest BCUT2D eigenvalue weighted by molar-refractivity contribution is 7.89. The smallest absolute Gasteiger partial charge is 0.244 e. The molecule has 1 atom stereocenters. The van der Waals surface area contributed by atoms with Crippen LogP contribution in [0.15, 0.2) is 47.9 Å². The summed E-state index contributed by atoms with van der Waals surface area (Å²) in [7, 11) is -3.53. The van der Waals surface area contributed by atoms with Crippen molar-refractivity contribution in [2.24, 2.45) is 0 Å². The minimum absolute atomic E-state index is 0.192. The van der Waals surface area contributed by atoms with Gasteiger partial charge < -0.3 is 4.74 Å². The Hall–Kier alpha value is -1.70. The van der Waals surface area contributed by atoms with Crippen molar-refractivity contribution in [1.29, 1.82) is 0 Å². The molecule has 0 bridgehead atoms. The highest BCUT2D eigenvalue weighted by Gasteiger charge is 2.33. The molecule has 0 N–H and O–H groups in total. The lowest BCUT2D eigenvalue weighted by Gasteiger charge is -2.17. The second kappa shape index (κ2) is 6.20. The molecule has 8 heteroatoms. The van der Waals surface area contributed by atoms with Gasteiger partial charge in [-0.25, -0.2) is 8.42 Å². The molecule has 0 aliphatic carbocycles. The summed E-state index contributed by atoms with van der Waals surface area (Å²) in [6.07, 6.45) is 6.35. The van der Waals surface area contributed by atoms with Gasteiger partial charge in [-0.1, -0.05) is 11.6 Å². The van der Waals surface area contributed by atoms with Crippen LogP contribution in [0.5, 0.6) is 5.75 Å². The van der Waals surface area contributed by atoms with E-state index in [9.17, 15) is 8.42 Å². The van der Waals surface area contributed by atoms with E-state index in [2.05, 4.69) is 9.97 Å². The molecule has 2 aromatic heterocycles. The molecule has 0 spiro atoms. The summed E-state index contributed by atoms with van der Waals surface area (Å²) in [5.74, 6) is 0.516. The van der Waals surface area contributed by atoms with Crippen LogP contribution in [0.4, 0.5) is 0 Å². The first-order chi connectivity index (χ1) is 10.6. The minimum Gasteiger partial charge on any atom is -0.487 e. The molecule has 1 unspecified atom stereocenters. The van der Waals surface area contributed by atoms with Gasteiger partial charge in [0.2, 0.25) is 10.0 Å². The molecule has 2 aromatic rings. The van der Waals surface area contributed by atoms with Crippen molar-refractivity contribution >= 4 is 21.6 Å². The van der Waals surface area contributed by atoms with E-state index < -0.39 is 10.0 Å². The van der Waals surface area contributed by atoms with E-state index in [1.165, 1.54) is 22.8 Å². The maximum absolute atomic E-state index is 12.5. The first-order valence-electron chi connectivity index (χ1n) is 6.74. The second-order valence-electron chi connectivity index (χ2n) is 4.89. The topological polar surface area (TPSA) is 72.4 Å². The molecular formula is C14H14ClN3O3S. The zero-order valence-electron chi connectivity index (χ0n) is 11.6. The van der Waals surface area contributed by atoms with E-state index >= 15 is 0 Å². The number of halogens is 1. The van der Waals surface area contributed by atoms with E-state index in [0.717, 1.165) is 0 Å². The van der Waals surface area contributed by atoms with Crippen molar-refractivity contribution in [2.75, 3.05) is 13.1 Å². The Morgan fingerprint density at radius 2 is 2.05 bits per heavy atom. The van der Waals surface area contributed by atoms with Gasteiger partial charge in [-0.3, -0.25) is 9.97 Å². The molecule has 0 amide bonds. The Balaban J connectivity index is 1.72. The third kappa shape index (κ3) is 3.06. The van der Waals surface area contributed by atoms with Gasteiger partial charge in [-0.05, 0) is 18.6 Å². The van der Waals surface area contributed by atoms with Crippen LogP contribution in [-0.2, 0) is 10.0 Å². The predicted octanol–water partition coefficient (Wildman–Crippen LogP) is 1.97. The third-order valence-corrected chi connectivity index (χ3v) is 5.54. The van der Waals surface area contributed by atoms with Gasteiger partial charge in [-0.15, -0.1) is 0 Å². The first kappa shape index (κ1) is 15.2. The lowest BCUT2D eigenvalue weighted by Crippen LogP contribution is -2.31. The number of hydrogen-bond donors (Lipinski definition) is 0. The number of hydrogen-bond acceptors (Lipinski definition) is 5. The van der Waals surface area contributed by atoms with E-state index in [1.807, 2.05) is 0 Å². The molecule has 6 nitrogen and oxygen atoms in total. The molecular weight excluding hydrogens is 326 g/mol. The van der Waals surface area contributed by atoms with Gasteiger partial charge in [-0.2, -0.15) is 4.31 Å². The molecule has 3 rings (SSSR count). The molecule has 1 saturated heterocycles. The zero-order chi connectivity index (χ0) is 15.6. The lowest BCUT2D eigenvalue weighted by atomic mass is 10.3. The summed E-state index contributed by atoms with van der Waals surface area (Å²) >= 11 is 6.00. The summed E-state index contributed by atoms with van der Waals surface area (Å²) in [5, 5.41) is 0.413. The lowest BCUT2D eigenvalue weighted by molar-refractivity contribution is 0.215. The highest BCUT2D eigenvalue weighted by Crippen LogP contribution is 2.27. The Morgan fingerprint density at radius 1 is 1.23 bits per heavy atom. The predicted molar refractivity (Wildman–Crippen MR) is 81.3 cm³/mol. The molecule has 1 fully saturated rings. The van der Waals surface area contributed by atoms with Crippen molar-refractivity contribution in [3.8, 4) is 5.75 Å². The van der Waals surface area contributed by atoms with E-state index in [-0.39, 0.29) is 17.5 Å². The van der Waals surface area contributed by atoms with Crippen molar-refractivity contribution in [1.82, 2.24) is 14.3 Å². The summed E-state index contributed by atoms with van der Waals surface area (Å²) in [4.78, 5) is 7.94. The number of pyridine rings is 2. The molecule has 1 aliphatic rings. The highest BCUT2D eigenvalue weighted by atomic mass is 35.5. The third-order valence-electron chi connectivity index (χ3n) is 3.41. The maximum Gasteiger partial charge on any atom is 0.244 e. The van der Waals surface area contributed by atoms with Crippen molar-refractivity contribution in [3.05, 3.63) is 48.0 Å². The van der Waals surface area contributed by atoms with Gasteiger partial charge >= 0.3 is 0 Å². The SMILES string of the molecule is O=S(=O)(c1cccnc1)N1CCC(Oc2ccncc2Cl)C1. The van der Waals surface area contributed by atoms with E-state index in [1.54, 1.807) is 24.5 Å². The summed E-state index contributed by atoms with van der Waals surface area (Å²) in [6.45, 7) is 0.695. The monoisotopic (exact) mass is 339 g/mol. The molecule has 116 valence electrons. The number of sulfonamides is 1. The quantitative estimate of drug-likeness (QED) is 0.851. The molecule has 22 heavy (non-hydrogen) atoms. The van der Waals surface area contributed by atoms with Gasteiger partial charge in [0.1, 0.15) is 21.8 Å². The van der Waals surface area contributed by atoms with Crippen LogP contribution < -0.4 is 4.74 Å². The Labute approximate surface area is 133 Å². The first-order valence-corrected chi connectivity index (χ1v) is 8.55. The molecule has 3 heterocycles. The minimum atomic E-state index is -3.53. The molecule has 0 radical (unpaired) electrons. The normalized spacial score (nSPS) is 19.2. The van der Waals surface area contributed by atoms with Crippen LogP contribution in [0.3, 0.4) is 0 Å².